The molecule has 8 nitrogen and oxygen atoms in total. The number of para-hydroxylation sites is 1. The van der Waals surface area contributed by atoms with Crippen molar-refractivity contribution in [2.45, 2.75) is 6.92 Å². The lowest BCUT2D eigenvalue weighted by atomic mass is 10.1. The van der Waals surface area contributed by atoms with E-state index >= 15 is 0 Å². The zero-order valence-corrected chi connectivity index (χ0v) is 16.1. The Morgan fingerprint density at radius 1 is 1.00 bits per heavy atom. The van der Waals surface area contributed by atoms with Crippen molar-refractivity contribution in [2.24, 2.45) is 4.99 Å². The molecule has 0 aliphatic heterocycles. The molecular formula is C21H19N3O5. The molecule has 0 saturated heterocycles. The number of nitrogens with zero attached hydrogens (tertiary/aromatic N) is 2. The quantitative estimate of drug-likeness (QED) is 0.530. The SMILES string of the molecule is COC(=O)c1cc(N=Cc2c(C)[nH]n(-c3ccccc3)c2=O)cc(C(=O)OC)c1. The Labute approximate surface area is 166 Å². The Balaban J connectivity index is 2.02. The number of methoxy groups -OCH3 is 2. The number of hydrogen-bond acceptors (Lipinski definition) is 6. The maximum atomic E-state index is 12.7. The summed E-state index contributed by atoms with van der Waals surface area (Å²) in [5.41, 5.74) is 2.01. The van der Waals surface area contributed by atoms with Crippen LogP contribution < -0.4 is 5.56 Å². The molecule has 0 aliphatic carbocycles. The zero-order chi connectivity index (χ0) is 21.0. The second kappa shape index (κ2) is 8.39. The summed E-state index contributed by atoms with van der Waals surface area (Å²) < 4.78 is 10.8. The summed E-state index contributed by atoms with van der Waals surface area (Å²) in [6, 6.07) is 13.4. The number of H-pyrrole nitrogens is 1. The number of carbonyl (C=O) groups excluding carboxylic acids is 2. The highest BCUT2D eigenvalue weighted by Crippen LogP contribution is 2.20. The molecule has 0 unspecified atom stereocenters. The number of ether oxygens (including phenoxy) is 2. The second-order valence-corrected chi connectivity index (χ2v) is 6.14. The van der Waals surface area contributed by atoms with Crippen LogP contribution >= 0.6 is 0 Å². The van der Waals surface area contributed by atoms with Gasteiger partial charge in [0.15, 0.2) is 0 Å². The summed E-state index contributed by atoms with van der Waals surface area (Å²) in [5, 5.41) is 3.01. The molecule has 0 bridgehead atoms. The minimum Gasteiger partial charge on any atom is -0.465 e. The molecule has 0 fully saturated rings. The summed E-state index contributed by atoms with van der Waals surface area (Å²) in [7, 11) is 2.48. The van der Waals surface area contributed by atoms with Crippen molar-refractivity contribution in [3.05, 3.63) is 81.3 Å². The maximum absolute atomic E-state index is 12.7. The highest BCUT2D eigenvalue weighted by molar-refractivity contribution is 5.97. The Kier molecular flexibility index (Phi) is 5.73. The van der Waals surface area contributed by atoms with E-state index in [9.17, 15) is 14.4 Å². The second-order valence-electron chi connectivity index (χ2n) is 6.14. The van der Waals surface area contributed by atoms with Gasteiger partial charge in [-0.15, -0.1) is 0 Å². The van der Waals surface area contributed by atoms with Crippen LogP contribution in [0, 0.1) is 6.92 Å². The van der Waals surface area contributed by atoms with Gasteiger partial charge in [0.2, 0.25) is 0 Å². The molecule has 0 atom stereocenters. The summed E-state index contributed by atoms with van der Waals surface area (Å²) >= 11 is 0. The van der Waals surface area contributed by atoms with E-state index in [1.54, 1.807) is 19.1 Å². The fraction of sp³-hybridized carbons (Fsp3) is 0.143. The molecule has 1 N–H and O–H groups in total. The van der Waals surface area contributed by atoms with Gasteiger partial charge >= 0.3 is 11.9 Å². The van der Waals surface area contributed by atoms with Gasteiger partial charge in [0.25, 0.3) is 5.56 Å². The minimum absolute atomic E-state index is 0.148. The average Bonchev–Trinajstić information content (AvgIpc) is 3.04. The van der Waals surface area contributed by atoms with Crippen LogP contribution in [0.15, 0.2) is 58.3 Å². The van der Waals surface area contributed by atoms with Gasteiger partial charge in [0, 0.05) is 11.9 Å². The Morgan fingerprint density at radius 3 is 2.14 bits per heavy atom. The van der Waals surface area contributed by atoms with Gasteiger partial charge < -0.3 is 9.47 Å². The number of carbonyl (C=O) groups is 2. The van der Waals surface area contributed by atoms with Gasteiger partial charge in [0.1, 0.15) is 0 Å². The van der Waals surface area contributed by atoms with Crippen molar-refractivity contribution in [3.63, 3.8) is 0 Å². The van der Waals surface area contributed by atoms with Crippen LogP contribution in [-0.2, 0) is 9.47 Å². The largest absolute Gasteiger partial charge is 0.465 e. The molecule has 2 aromatic carbocycles. The van der Waals surface area contributed by atoms with Gasteiger partial charge in [-0.1, -0.05) is 18.2 Å². The minimum atomic E-state index is -0.614. The lowest BCUT2D eigenvalue weighted by Crippen LogP contribution is -2.17. The molecule has 29 heavy (non-hydrogen) atoms. The topological polar surface area (TPSA) is 103 Å². The zero-order valence-electron chi connectivity index (χ0n) is 16.1. The van der Waals surface area contributed by atoms with Crippen molar-refractivity contribution >= 4 is 23.8 Å². The first-order chi connectivity index (χ1) is 13.9. The van der Waals surface area contributed by atoms with Crippen LogP contribution in [0.5, 0.6) is 0 Å². The number of aromatic nitrogens is 2. The lowest BCUT2D eigenvalue weighted by molar-refractivity contribution is 0.0599. The third-order valence-corrected chi connectivity index (χ3v) is 4.23. The summed E-state index contributed by atoms with van der Waals surface area (Å²) in [4.78, 5) is 40.8. The number of benzene rings is 2. The Bertz CT molecular complexity index is 1110. The standard InChI is InChI=1S/C21H19N3O5/c1-13-18(19(25)24(23-13)17-7-5-4-6-8-17)12-22-16-10-14(20(26)28-2)9-15(11-16)21(27)29-3/h4-12,23H,1-3H3. The van der Waals surface area contributed by atoms with E-state index in [0.29, 0.717) is 22.6 Å². The fourth-order valence-corrected chi connectivity index (χ4v) is 2.77. The molecule has 0 aliphatic rings. The first kappa shape index (κ1) is 19.8. The molecule has 1 aromatic heterocycles. The summed E-state index contributed by atoms with van der Waals surface area (Å²) in [6.07, 6.45) is 1.39. The molecule has 3 aromatic rings. The van der Waals surface area contributed by atoms with E-state index in [-0.39, 0.29) is 16.7 Å². The first-order valence-electron chi connectivity index (χ1n) is 8.67. The first-order valence-corrected chi connectivity index (χ1v) is 8.67. The van der Waals surface area contributed by atoms with Crippen molar-refractivity contribution in [2.75, 3.05) is 14.2 Å². The Hall–Kier alpha value is -3.94. The van der Waals surface area contributed by atoms with Crippen LogP contribution in [0.1, 0.15) is 32.0 Å². The fourth-order valence-electron chi connectivity index (χ4n) is 2.77. The number of aryl methyl sites for hydroxylation is 1. The lowest BCUT2D eigenvalue weighted by Gasteiger charge is -2.05. The van der Waals surface area contributed by atoms with E-state index < -0.39 is 11.9 Å². The van der Waals surface area contributed by atoms with Crippen molar-refractivity contribution in [1.29, 1.82) is 0 Å². The number of nitrogens with one attached hydrogen (secondary N) is 1. The van der Waals surface area contributed by atoms with Crippen LogP contribution in [0.25, 0.3) is 5.69 Å². The Morgan fingerprint density at radius 2 is 1.59 bits per heavy atom. The average molecular weight is 393 g/mol. The van der Waals surface area contributed by atoms with Gasteiger partial charge in [-0.05, 0) is 37.3 Å². The van der Waals surface area contributed by atoms with Crippen LogP contribution in [0.3, 0.4) is 0 Å². The van der Waals surface area contributed by atoms with E-state index in [0.717, 1.165) is 0 Å². The molecular weight excluding hydrogens is 374 g/mol. The number of hydrogen-bond donors (Lipinski definition) is 1. The van der Waals surface area contributed by atoms with E-state index in [1.807, 2.05) is 18.2 Å². The molecule has 0 amide bonds. The molecule has 3 rings (SSSR count). The molecule has 0 spiro atoms. The number of aromatic amines is 1. The molecule has 0 radical (unpaired) electrons. The molecule has 148 valence electrons. The molecule has 1 heterocycles. The third kappa shape index (κ3) is 4.16. The number of esters is 2. The predicted molar refractivity (Wildman–Crippen MR) is 108 cm³/mol. The summed E-state index contributed by atoms with van der Waals surface area (Å²) in [6.45, 7) is 1.76. The smallest absolute Gasteiger partial charge is 0.337 e. The summed E-state index contributed by atoms with van der Waals surface area (Å²) in [5.74, 6) is -1.23. The number of rotatable bonds is 5. The monoisotopic (exact) mass is 393 g/mol. The predicted octanol–water partition coefficient (Wildman–Crippen LogP) is 2.80. The van der Waals surface area contributed by atoms with Crippen molar-refractivity contribution in [3.8, 4) is 5.69 Å². The molecule has 0 saturated carbocycles. The van der Waals surface area contributed by atoms with Crippen molar-refractivity contribution < 1.29 is 19.1 Å². The van der Waals surface area contributed by atoms with E-state index in [4.69, 9.17) is 9.47 Å². The normalized spacial score (nSPS) is 10.9. The third-order valence-electron chi connectivity index (χ3n) is 4.23. The molecule has 8 heteroatoms. The van der Waals surface area contributed by atoms with E-state index in [1.165, 1.54) is 43.3 Å². The highest BCUT2D eigenvalue weighted by Gasteiger charge is 2.14. The number of aliphatic imine (C=N–C) groups is 1. The maximum Gasteiger partial charge on any atom is 0.337 e. The van der Waals surface area contributed by atoms with Gasteiger partial charge in [0.05, 0.1) is 42.3 Å². The van der Waals surface area contributed by atoms with Gasteiger partial charge in [-0.25, -0.2) is 14.3 Å². The van der Waals surface area contributed by atoms with Gasteiger partial charge in [-0.3, -0.25) is 14.9 Å². The highest BCUT2D eigenvalue weighted by atomic mass is 16.5. The van der Waals surface area contributed by atoms with Crippen molar-refractivity contribution in [1.82, 2.24) is 9.78 Å². The van der Waals surface area contributed by atoms with Crippen LogP contribution in [-0.4, -0.2) is 42.2 Å². The van der Waals surface area contributed by atoms with Gasteiger partial charge in [-0.2, -0.15) is 0 Å². The van der Waals surface area contributed by atoms with Crippen LogP contribution in [0.4, 0.5) is 5.69 Å². The van der Waals surface area contributed by atoms with Crippen LogP contribution in [0.2, 0.25) is 0 Å². The van der Waals surface area contributed by atoms with E-state index in [2.05, 4.69) is 10.1 Å².